The average molecular weight is 262 g/mol. The Morgan fingerprint density at radius 1 is 1.33 bits per heavy atom. The molecule has 5 nitrogen and oxygen atoms in total. The molecule has 1 heterocycles. The van der Waals surface area contributed by atoms with Gasteiger partial charge in [-0.1, -0.05) is 12.1 Å². The maximum atomic E-state index is 11.8. The van der Waals surface area contributed by atoms with Crippen molar-refractivity contribution in [3.05, 3.63) is 62.3 Å². The standard InChI is InChI=1S/C12H10N2O3S/c15-12(13-8-11-5-2-6-18-11)9-3-1-4-10(7-9)14(16)17/h1-7H,8H2,(H,13,15). The molecule has 0 unspecified atom stereocenters. The number of nitro groups is 1. The summed E-state index contributed by atoms with van der Waals surface area (Å²) >= 11 is 1.55. The first-order valence-electron chi connectivity index (χ1n) is 5.22. The van der Waals surface area contributed by atoms with Crippen molar-refractivity contribution >= 4 is 22.9 Å². The summed E-state index contributed by atoms with van der Waals surface area (Å²) in [4.78, 5) is 22.9. The molecule has 2 rings (SSSR count). The number of thiophene rings is 1. The zero-order valence-corrected chi connectivity index (χ0v) is 10.1. The van der Waals surface area contributed by atoms with Gasteiger partial charge in [-0.05, 0) is 17.5 Å². The number of nitrogens with zero attached hydrogens (tertiary/aromatic N) is 1. The van der Waals surface area contributed by atoms with Gasteiger partial charge in [0.25, 0.3) is 11.6 Å². The van der Waals surface area contributed by atoms with Gasteiger partial charge in [-0.25, -0.2) is 0 Å². The molecule has 0 saturated heterocycles. The summed E-state index contributed by atoms with van der Waals surface area (Å²) in [6, 6.07) is 9.49. The second-order valence-corrected chi connectivity index (χ2v) is 4.60. The summed E-state index contributed by atoms with van der Waals surface area (Å²) in [5.41, 5.74) is 0.208. The van der Waals surface area contributed by atoms with E-state index in [9.17, 15) is 14.9 Å². The highest BCUT2D eigenvalue weighted by Gasteiger charge is 2.11. The minimum absolute atomic E-state index is 0.0845. The Labute approximate surface area is 107 Å². The van der Waals surface area contributed by atoms with Crippen LogP contribution in [0.2, 0.25) is 0 Å². The zero-order valence-electron chi connectivity index (χ0n) is 9.33. The number of hydrogen-bond donors (Lipinski definition) is 1. The molecule has 0 aliphatic carbocycles. The van der Waals surface area contributed by atoms with Gasteiger partial charge in [0.1, 0.15) is 0 Å². The highest BCUT2D eigenvalue weighted by atomic mass is 32.1. The van der Waals surface area contributed by atoms with Crippen LogP contribution in [-0.2, 0) is 6.54 Å². The lowest BCUT2D eigenvalue weighted by molar-refractivity contribution is -0.384. The van der Waals surface area contributed by atoms with E-state index in [1.165, 1.54) is 18.2 Å². The molecule has 0 bridgehead atoms. The topological polar surface area (TPSA) is 72.2 Å². The van der Waals surface area contributed by atoms with Crippen molar-refractivity contribution in [2.75, 3.05) is 0 Å². The van der Waals surface area contributed by atoms with Gasteiger partial charge < -0.3 is 5.32 Å². The molecular formula is C12H10N2O3S. The number of nitro benzene ring substituents is 1. The number of carbonyl (C=O) groups is 1. The first kappa shape index (κ1) is 12.3. The van der Waals surface area contributed by atoms with Crippen LogP contribution >= 0.6 is 11.3 Å². The van der Waals surface area contributed by atoms with Crippen LogP contribution in [0.15, 0.2) is 41.8 Å². The second kappa shape index (κ2) is 5.42. The van der Waals surface area contributed by atoms with E-state index < -0.39 is 4.92 Å². The van der Waals surface area contributed by atoms with Gasteiger partial charge >= 0.3 is 0 Å². The zero-order chi connectivity index (χ0) is 13.0. The second-order valence-electron chi connectivity index (χ2n) is 3.57. The molecule has 1 N–H and O–H groups in total. The van der Waals surface area contributed by atoms with Crippen LogP contribution in [-0.4, -0.2) is 10.8 Å². The van der Waals surface area contributed by atoms with E-state index >= 15 is 0 Å². The smallest absolute Gasteiger partial charge is 0.270 e. The number of non-ortho nitro benzene ring substituents is 1. The molecule has 0 spiro atoms. The monoisotopic (exact) mass is 262 g/mol. The van der Waals surface area contributed by atoms with Crippen LogP contribution in [0.5, 0.6) is 0 Å². The maximum Gasteiger partial charge on any atom is 0.270 e. The van der Waals surface area contributed by atoms with Crippen LogP contribution in [0, 0.1) is 10.1 Å². The maximum absolute atomic E-state index is 11.8. The van der Waals surface area contributed by atoms with E-state index in [0.29, 0.717) is 12.1 Å². The molecule has 0 atom stereocenters. The highest BCUT2D eigenvalue weighted by molar-refractivity contribution is 7.09. The first-order chi connectivity index (χ1) is 8.66. The molecule has 0 aliphatic heterocycles. The predicted octanol–water partition coefficient (Wildman–Crippen LogP) is 2.59. The molecule has 1 aromatic carbocycles. The number of nitrogens with one attached hydrogen (secondary N) is 1. The summed E-state index contributed by atoms with van der Waals surface area (Å²) in [7, 11) is 0. The molecule has 1 aromatic heterocycles. The quantitative estimate of drug-likeness (QED) is 0.680. The third-order valence-electron chi connectivity index (χ3n) is 2.32. The van der Waals surface area contributed by atoms with Gasteiger partial charge in [-0.3, -0.25) is 14.9 Å². The molecule has 1 amide bonds. The van der Waals surface area contributed by atoms with Crippen molar-refractivity contribution in [1.29, 1.82) is 0 Å². The van der Waals surface area contributed by atoms with Gasteiger partial charge in [0.2, 0.25) is 0 Å². The Morgan fingerprint density at radius 2 is 2.17 bits per heavy atom. The van der Waals surface area contributed by atoms with E-state index in [1.54, 1.807) is 17.4 Å². The van der Waals surface area contributed by atoms with Gasteiger partial charge in [0.15, 0.2) is 0 Å². The van der Waals surface area contributed by atoms with Gasteiger partial charge in [0.05, 0.1) is 11.5 Å². The molecule has 0 fully saturated rings. The van der Waals surface area contributed by atoms with E-state index in [1.807, 2.05) is 17.5 Å². The van der Waals surface area contributed by atoms with Crippen LogP contribution in [0.1, 0.15) is 15.2 Å². The van der Waals surface area contributed by atoms with Crippen molar-refractivity contribution in [3.8, 4) is 0 Å². The number of carbonyl (C=O) groups excluding carboxylic acids is 1. The molecule has 6 heteroatoms. The van der Waals surface area contributed by atoms with Crippen LogP contribution in [0.3, 0.4) is 0 Å². The predicted molar refractivity (Wildman–Crippen MR) is 68.6 cm³/mol. The lowest BCUT2D eigenvalue weighted by Gasteiger charge is -2.03. The third kappa shape index (κ3) is 2.92. The minimum Gasteiger partial charge on any atom is -0.347 e. The van der Waals surface area contributed by atoms with Crippen molar-refractivity contribution in [3.63, 3.8) is 0 Å². The first-order valence-corrected chi connectivity index (χ1v) is 6.10. The number of rotatable bonds is 4. The van der Waals surface area contributed by atoms with Crippen molar-refractivity contribution in [1.82, 2.24) is 5.32 Å². The summed E-state index contributed by atoms with van der Waals surface area (Å²) < 4.78 is 0. The number of hydrogen-bond acceptors (Lipinski definition) is 4. The molecular weight excluding hydrogens is 252 g/mol. The summed E-state index contributed by atoms with van der Waals surface area (Å²) in [6.07, 6.45) is 0. The van der Waals surface area contributed by atoms with Crippen molar-refractivity contribution in [2.24, 2.45) is 0 Å². The van der Waals surface area contributed by atoms with Gasteiger partial charge in [-0.2, -0.15) is 0 Å². The van der Waals surface area contributed by atoms with Crippen molar-refractivity contribution < 1.29 is 9.72 Å². The van der Waals surface area contributed by atoms with E-state index in [-0.39, 0.29) is 11.6 Å². The molecule has 0 saturated carbocycles. The lowest BCUT2D eigenvalue weighted by atomic mass is 10.2. The number of benzene rings is 1. The van der Waals surface area contributed by atoms with Gasteiger partial charge in [0, 0.05) is 22.6 Å². The van der Waals surface area contributed by atoms with E-state index in [2.05, 4.69) is 5.32 Å². The SMILES string of the molecule is O=C(NCc1cccs1)c1cccc([N+](=O)[O-])c1. The Hall–Kier alpha value is -2.21. The van der Waals surface area contributed by atoms with Gasteiger partial charge in [-0.15, -0.1) is 11.3 Å². The fourth-order valence-corrected chi connectivity index (χ4v) is 2.09. The van der Waals surface area contributed by atoms with E-state index in [4.69, 9.17) is 0 Å². The van der Waals surface area contributed by atoms with Crippen LogP contribution in [0.4, 0.5) is 5.69 Å². The lowest BCUT2D eigenvalue weighted by Crippen LogP contribution is -2.22. The summed E-state index contributed by atoms with van der Waals surface area (Å²) in [5.74, 6) is -0.313. The number of amides is 1. The Kier molecular flexibility index (Phi) is 3.69. The summed E-state index contributed by atoms with van der Waals surface area (Å²) in [5, 5.41) is 15.2. The average Bonchev–Trinajstić information content (AvgIpc) is 2.89. The fourth-order valence-electron chi connectivity index (χ4n) is 1.44. The Balaban J connectivity index is 2.04. The Bertz CT molecular complexity index is 566. The molecule has 18 heavy (non-hydrogen) atoms. The highest BCUT2D eigenvalue weighted by Crippen LogP contribution is 2.13. The van der Waals surface area contributed by atoms with Crippen molar-refractivity contribution in [2.45, 2.75) is 6.54 Å². The molecule has 0 radical (unpaired) electrons. The fraction of sp³-hybridized carbons (Fsp3) is 0.0833. The normalized spacial score (nSPS) is 10.0. The van der Waals surface area contributed by atoms with E-state index in [0.717, 1.165) is 4.88 Å². The van der Waals surface area contributed by atoms with Crippen LogP contribution in [0.25, 0.3) is 0 Å². The summed E-state index contributed by atoms with van der Waals surface area (Å²) in [6.45, 7) is 0.430. The third-order valence-corrected chi connectivity index (χ3v) is 3.20. The Morgan fingerprint density at radius 3 is 2.83 bits per heavy atom. The minimum atomic E-state index is -0.518. The van der Waals surface area contributed by atoms with Crippen LogP contribution < -0.4 is 5.32 Å². The molecule has 0 aliphatic rings. The molecule has 2 aromatic rings. The molecule has 92 valence electrons. The largest absolute Gasteiger partial charge is 0.347 e.